The highest BCUT2D eigenvalue weighted by Gasteiger charge is 2.45. The summed E-state index contributed by atoms with van der Waals surface area (Å²) in [5.74, 6) is -0.327. The van der Waals surface area contributed by atoms with Crippen LogP contribution in [0.4, 0.5) is 8.78 Å². The first kappa shape index (κ1) is 11.8. The second kappa shape index (κ2) is 3.98. The summed E-state index contributed by atoms with van der Waals surface area (Å²) in [6, 6.07) is 4.31. The lowest BCUT2D eigenvalue weighted by atomic mass is 10.0. The molecule has 1 aromatic rings. The minimum Gasteiger partial charge on any atom is -0.395 e. The van der Waals surface area contributed by atoms with Gasteiger partial charge < -0.3 is 9.47 Å². The fourth-order valence-electron chi connectivity index (χ4n) is 1.67. The number of benzene rings is 1. The van der Waals surface area contributed by atoms with E-state index >= 15 is 0 Å². The molecule has 0 radical (unpaired) electrons. The quantitative estimate of drug-likeness (QED) is 0.763. The van der Waals surface area contributed by atoms with Crippen LogP contribution >= 0.6 is 0 Å². The van der Waals surface area contributed by atoms with E-state index in [1.807, 2.05) is 13.8 Å². The molecule has 0 spiro atoms. The molecule has 0 atom stereocenters. The van der Waals surface area contributed by atoms with E-state index in [-0.39, 0.29) is 35.2 Å². The van der Waals surface area contributed by atoms with Gasteiger partial charge in [0, 0.05) is 6.42 Å². The number of Topliss-reactive ketones (excluding diaryl/α,β-unsaturated/α-hetero) is 1. The number of hydrogen-bond acceptors (Lipinski definition) is 3. The van der Waals surface area contributed by atoms with Gasteiger partial charge in [0.2, 0.25) is 0 Å². The standard InChI is InChI=1S/C12H12F2O3/c1-7(2)6-9(15)8-4-3-5-10-11(8)17-12(13,14)16-10/h3-5,7H,6H2,1-2H3. The molecule has 0 N–H and O–H groups in total. The van der Waals surface area contributed by atoms with Crippen LogP contribution in [0.25, 0.3) is 0 Å². The minimum absolute atomic E-state index is 0.0930. The fourth-order valence-corrected chi connectivity index (χ4v) is 1.67. The molecule has 0 aromatic heterocycles. The van der Waals surface area contributed by atoms with Gasteiger partial charge in [-0.25, -0.2) is 0 Å². The number of alkyl halides is 2. The van der Waals surface area contributed by atoms with Crippen molar-refractivity contribution in [1.82, 2.24) is 0 Å². The summed E-state index contributed by atoms with van der Waals surface area (Å²) in [7, 11) is 0. The third kappa shape index (κ3) is 2.38. The second-order valence-electron chi connectivity index (χ2n) is 4.32. The first-order valence-electron chi connectivity index (χ1n) is 5.31. The lowest BCUT2D eigenvalue weighted by Crippen LogP contribution is -2.26. The van der Waals surface area contributed by atoms with E-state index in [0.717, 1.165) is 0 Å². The van der Waals surface area contributed by atoms with Crippen molar-refractivity contribution in [2.24, 2.45) is 5.92 Å². The maximum Gasteiger partial charge on any atom is 0.586 e. The summed E-state index contributed by atoms with van der Waals surface area (Å²) in [4.78, 5) is 11.8. The first-order chi connectivity index (χ1) is 7.89. The predicted octanol–water partition coefficient (Wildman–Crippen LogP) is 3.24. The van der Waals surface area contributed by atoms with Gasteiger partial charge in [0.05, 0.1) is 5.56 Å². The molecule has 3 nitrogen and oxygen atoms in total. The number of ether oxygens (including phenoxy) is 2. The molecule has 1 aliphatic heterocycles. The molecule has 0 bridgehead atoms. The topological polar surface area (TPSA) is 35.5 Å². The Morgan fingerprint density at radius 2 is 2.06 bits per heavy atom. The van der Waals surface area contributed by atoms with Crippen molar-refractivity contribution >= 4 is 5.78 Å². The van der Waals surface area contributed by atoms with E-state index in [2.05, 4.69) is 9.47 Å². The highest BCUT2D eigenvalue weighted by Crippen LogP contribution is 2.43. The van der Waals surface area contributed by atoms with Crippen LogP contribution in [0.2, 0.25) is 0 Å². The highest BCUT2D eigenvalue weighted by molar-refractivity contribution is 5.99. The summed E-state index contributed by atoms with van der Waals surface area (Å²) in [6.45, 7) is 3.76. The number of rotatable bonds is 3. The molecule has 92 valence electrons. The number of hydrogen-bond donors (Lipinski definition) is 0. The summed E-state index contributed by atoms with van der Waals surface area (Å²) in [5, 5.41) is 0. The number of ketones is 1. The van der Waals surface area contributed by atoms with Gasteiger partial charge in [0.15, 0.2) is 17.3 Å². The Morgan fingerprint density at radius 3 is 2.71 bits per heavy atom. The average molecular weight is 242 g/mol. The van der Waals surface area contributed by atoms with Gasteiger partial charge in [-0.1, -0.05) is 19.9 Å². The van der Waals surface area contributed by atoms with E-state index in [1.165, 1.54) is 18.2 Å². The van der Waals surface area contributed by atoms with Crippen LogP contribution in [0.3, 0.4) is 0 Å². The zero-order valence-electron chi connectivity index (χ0n) is 9.50. The van der Waals surface area contributed by atoms with Crippen molar-refractivity contribution in [2.45, 2.75) is 26.6 Å². The Labute approximate surface area is 97.3 Å². The van der Waals surface area contributed by atoms with Crippen LogP contribution in [-0.2, 0) is 0 Å². The Bertz CT molecular complexity index is 455. The van der Waals surface area contributed by atoms with Crippen molar-refractivity contribution < 1.29 is 23.0 Å². The van der Waals surface area contributed by atoms with Crippen LogP contribution in [-0.4, -0.2) is 12.1 Å². The molecule has 0 unspecified atom stereocenters. The molecule has 17 heavy (non-hydrogen) atoms. The smallest absolute Gasteiger partial charge is 0.395 e. The zero-order chi connectivity index (χ0) is 12.6. The molecule has 1 aliphatic rings. The van der Waals surface area contributed by atoms with Crippen molar-refractivity contribution in [2.75, 3.05) is 0 Å². The van der Waals surface area contributed by atoms with Crippen molar-refractivity contribution in [1.29, 1.82) is 0 Å². The molecule has 0 saturated carbocycles. The third-order valence-electron chi connectivity index (χ3n) is 2.32. The second-order valence-corrected chi connectivity index (χ2v) is 4.32. The highest BCUT2D eigenvalue weighted by atomic mass is 19.3. The van der Waals surface area contributed by atoms with E-state index in [0.29, 0.717) is 0 Å². The van der Waals surface area contributed by atoms with Gasteiger partial charge in [0.1, 0.15) is 0 Å². The Hall–Kier alpha value is -1.65. The predicted molar refractivity (Wildman–Crippen MR) is 56.4 cm³/mol. The maximum absolute atomic E-state index is 12.9. The summed E-state index contributed by atoms with van der Waals surface area (Å²) in [6.07, 6.45) is -3.40. The Kier molecular flexibility index (Phi) is 2.77. The number of carbonyl (C=O) groups is 1. The fraction of sp³-hybridized carbons (Fsp3) is 0.417. The normalized spacial score (nSPS) is 16.3. The van der Waals surface area contributed by atoms with Gasteiger partial charge in [-0.15, -0.1) is 8.78 Å². The summed E-state index contributed by atoms with van der Waals surface area (Å²) >= 11 is 0. The van der Waals surface area contributed by atoms with E-state index < -0.39 is 6.29 Å². The first-order valence-corrected chi connectivity index (χ1v) is 5.31. The monoisotopic (exact) mass is 242 g/mol. The van der Waals surface area contributed by atoms with Gasteiger partial charge in [-0.05, 0) is 18.1 Å². The summed E-state index contributed by atoms with van der Waals surface area (Å²) < 4.78 is 34.4. The molecule has 5 heteroatoms. The number of para-hydroxylation sites is 1. The van der Waals surface area contributed by atoms with Gasteiger partial charge >= 0.3 is 6.29 Å². The molecule has 0 saturated heterocycles. The molecule has 0 amide bonds. The van der Waals surface area contributed by atoms with Crippen LogP contribution in [0.5, 0.6) is 11.5 Å². The van der Waals surface area contributed by atoms with Crippen LogP contribution in [0.15, 0.2) is 18.2 Å². The van der Waals surface area contributed by atoms with Crippen molar-refractivity contribution in [3.63, 3.8) is 0 Å². The number of halogens is 2. The number of fused-ring (bicyclic) bond motifs is 1. The van der Waals surface area contributed by atoms with Crippen LogP contribution < -0.4 is 9.47 Å². The minimum atomic E-state index is -3.68. The van der Waals surface area contributed by atoms with E-state index in [1.54, 1.807) is 0 Å². The van der Waals surface area contributed by atoms with Crippen molar-refractivity contribution in [3.8, 4) is 11.5 Å². The Balaban J connectivity index is 2.33. The number of carbonyl (C=O) groups excluding carboxylic acids is 1. The lowest BCUT2D eigenvalue weighted by molar-refractivity contribution is -0.286. The third-order valence-corrected chi connectivity index (χ3v) is 2.32. The average Bonchev–Trinajstić information content (AvgIpc) is 2.49. The van der Waals surface area contributed by atoms with Gasteiger partial charge in [0.25, 0.3) is 0 Å². The van der Waals surface area contributed by atoms with Gasteiger partial charge in [-0.3, -0.25) is 4.79 Å². The van der Waals surface area contributed by atoms with Gasteiger partial charge in [-0.2, -0.15) is 0 Å². The van der Waals surface area contributed by atoms with Crippen LogP contribution in [0.1, 0.15) is 30.6 Å². The van der Waals surface area contributed by atoms with Crippen LogP contribution in [0, 0.1) is 5.92 Å². The molecule has 2 rings (SSSR count). The van der Waals surface area contributed by atoms with Crippen molar-refractivity contribution in [3.05, 3.63) is 23.8 Å². The molecular weight excluding hydrogens is 230 g/mol. The Morgan fingerprint density at radius 1 is 1.35 bits per heavy atom. The molecule has 0 aliphatic carbocycles. The maximum atomic E-state index is 12.9. The van der Waals surface area contributed by atoms with E-state index in [4.69, 9.17) is 0 Å². The largest absolute Gasteiger partial charge is 0.586 e. The zero-order valence-corrected chi connectivity index (χ0v) is 9.50. The molecule has 1 heterocycles. The van der Waals surface area contributed by atoms with E-state index in [9.17, 15) is 13.6 Å². The molecule has 0 fully saturated rings. The SMILES string of the molecule is CC(C)CC(=O)c1cccc2c1OC(F)(F)O2. The molecule has 1 aromatic carbocycles. The lowest BCUT2D eigenvalue weighted by Gasteiger charge is -2.07. The molecular formula is C12H12F2O3. The summed E-state index contributed by atoms with van der Waals surface area (Å²) in [5.41, 5.74) is 0.147.